The fourth-order valence-electron chi connectivity index (χ4n) is 2.93. The van der Waals surface area contributed by atoms with Crippen LogP contribution in [0.5, 0.6) is 0 Å². The van der Waals surface area contributed by atoms with Crippen LogP contribution in [0.3, 0.4) is 0 Å². The summed E-state index contributed by atoms with van der Waals surface area (Å²) in [5.74, 6) is 0.0914. The number of hydrogen-bond donors (Lipinski definition) is 1. The highest BCUT2D eigenvalue weighted by atomic mass is 35.5. The molecule has 0 bridgehead atoms. The van der Waals surface area contributed by atoms with Gasteiger partial charge in [-0.15, -0.1) is 0 Å². The fourth-order valence-corrected chi connectivity index (χ4v) is 3.40. The number of rotatable bonds is 5. The van der Waals surface area contributed by atoms with E-state index >= 15 is 0 Å². The molecule has 29 heavy (non-hydrogen) atoms. The summed E-state index contributed by atoms with van der Waals surface area (Å²) in [4.78, 5) is 25.0. The third kappa shape index (κ3) is 4.16. The van der Waals surface area contributed by atoms with Gasteiger partial charge in [0.15, 0.2) is 0 Å². The molecule has 1 amide bonds. The number of halogens is 2. The van der Waals surface area contributed by atoms with E-state index in [1.807, 2.05) is 6.07 Å². The molecule has 146 valence electrons. The number of anilines is 1. The van der Waals surface area contributed by atoms with Crippen molar-refractivity contribution in [2.75, 3.05) is 5.32 Å². The summed E-state index contributed by atoms with van der Waals surface area (Å²) in [5.41, 5.74) is 0.488. The van der Waals surface area contributed by atoms with E-state index in [-0.39, 0.29) is 18.0 Å². The number of aromatic nitrogens is 4. The van der Waals surface area contributed by atoms with Crippen molar-refractivity contribution >= 4 is 45.7 Å². The lowest BCUT2D eigenvalue weighted by Gasteiger charge is -2.11. The number of nitrogens with zero attached hydrogens (tertiary/aromatic N) is 4. The molecule has 0 fully saturated rings. The van der Waals surface area contributed by atoms with Gasteiger partial charge in [-0.05, 0) is 23.8 Å². The normalized spacial score (nSPS) is 11.0. The molecule has 0 spiro atoms. The van der Waals surface area contributed by atoms with Gasteiger partial charge in [-0.25, -0.2) is 9.36 Å². The highest BCUT2D eigenvalue weighted by Gasteiger charge is 2.12. The summed E-state index contributed by atoms with van der Waals surface area (Å²) in [6.07, 6.45) is 3.14. The van der Waals surface area contributed by atoms with E-state index in [4.69, 9.17) is 23.2 Å². The van der Waals surface area contributed by atoms with Crippen LogP contribution < -0.4 is 10.9 Å². The standard InChI is InChI=1S/C20H15Cl2N5O2/c21-15-6-5-14(17(22)9-15)11-26-18(7-8-23-26)25-19(28)12-27-20(29)16-4-2-1-3-13(16)10-24-27/h1-10H,11-12H2,(H,25,28). The highest BCUT2D eigenvalue weighted by molar-refractivity contribution is 6.35. The molecule has 1 N–H and O–H groups in total. The molecule has 2 aromatic carbocycles. The molecular weight excluding hydrogens is 413 g/mol. The van der Waals surface area contributed by atoms with E-state index in [0.717, 1.165) is 15.6 Å². The third-order valence-electron chi connectivity index (χ3n) is 4.37. The second kappa shape index (κ2) is 8.06. The van der Waals surface area contributed by atoms with Crippen molar-refractivity contribution in [3.63, 3.8) is 0 Å². The van der Waals surface area contributed by atoms with Crippen molar-refractivity contribution in [2.24, 2.45) is 0 Å². The van der Waals surface area contributed by atoms with E-state index in [9.17, 15) is 9.59 Å². The second-order valence-corrected chi connectivity index (χ2v) is 7.20. The van der Waals surface area contributed by atoms with Crippen molar-refractivity contribution < 1.29 is 4.79 Å². The van der Waals surface area contributed by atoms with Gasteiger partial charge < -0.3 is 5.32 Å². The number of hydrogen-bond acceptors (Lipinski definition) is 4. The molecular formula is C20H15Cl2N5O2. The Hall–Kier alpha value is -3.16. The Morgan fingerprint density at radius 1 is 1.03 bits per heavy atom. The number of amides is 1. The van der Waals surface area contributed by atoms with Crippen LogP contribution in [0, 0.1) is 0 Å². The zero-order valence-electron chi connectivity index (χ0n) is 15.0. The predicted molar refractivity (Wildman–Crippen MR) is 112 cm³/mol. The first kappa shape index (κ1) is 19.2. The zero-order valence-corrected chi connectivity index (χ0v) is 16.6. The van der Waals surface area contributed by atoms with Gasteiger partial charge in [-0.2, -0.15) is 10.2 Å². The minimum atomic E-state index is -0.390. The molecule has 0 radical (unpaired) electrons. The second-order valence-electron chi connectivity index (χ2n) is 6.35. The summed E-state index contributed by atoms with van der Waals surface area (Å²) < 4.78 is 2.73. The molecule has 2 heterocycles. The van der Waals surface area contributed by atoms with Crippen molar-refractivity contribution in [3.8, 4) is 0 Å². The molecule has 0 saturated carbocycles. The Bertz CT molecular complexity index is 1270. The third-order valence-corrected chi connectivity index (χ3v) is 4.96. The number of benzene rings is 2. The molecule has 4 aromatic rings. The van der Waals surface area contributed by atoms with Gasteiger partial charge in [0.2, 0.25) is 5.91 Å². The van der Waals surface area contributed by atoms with Crippen molar-refractivity contribution in [3.05, 3.63) is 86.9 Å². The molecule has 0 saturated heterocycles. The summed E-state index contributed by atoms with van der Waals surface area (Å²) in [6.45, 7) is 0.142. The van der Waals surface area contributed by atoms with Gasteiger partial charge in [0, 0.05) is 21.5 Å². The highest BCUT2D eigenvalue weighted by Crippen LogP contribution is 2.22. The quantitative estimate of drug-likeness (QED) is 0.527. The molecule has 9 heteroatoms. The van der Waals surface area contributed by atoms with Crippen LogP contribution in [0.2, 0.25) is 10.0 Å². The van der Waals surface area contributed by atoms with Crippen molar-refractivity contribution in [2.45, 2.75) is 13.1 Å². The largest absolute Gasteiger partial charge is 0.309 e. The lowest BCUT2D eigenvalue weighted by molar-refractivity contribution is -0.117. The summed E-state index contributed by atoms with van der Waals surface area (Å²) in [7, 11) is 0. The summed E-state index contributed by atoms with van der Waals surface area (Å²) in [6, 6.07) is 14.0. The molecule has 0 aliphatic heterocycles. The summed E-state index contributed by atoms with van der Waals surface area (Å²) in [5, 5.41) is 13.3. The van der Waals surface area contributed by atoms with Gasteiger partial charge in [-0.1, -0.05) is 47.5 Å². The topological polar surface area (TPSA) is 81.8 Å². The zero-order chi connectivity index (χ0) is 20.4. The maximum atomic E-state index is 12.5. The van der Waals surface area contributed by atoms with Gasteiger partial charge >= 0.3 is 0 Å². The van der Waals surface area contributed by atoms with Crippen LogP contribution >= 0.6 is 23.2 Å². The lowest BCUT2D eigenvalue weighted by atomic mass is 10.2. The van der Waals surface area contributed by atoms with Crippen LogP contribution in [0.25, 0.3) is 10.8 Å². The van der Waals surface area contributed by atoms with Crippen LogP contribution in [-0.2, 0) is 17.9 Å². The summed E-state index contributed by atoms with van der Waals surface area (Å²) >= 11 is 12.1. The van der Waals surface area contributed by atoms with Crippen LogP contribution in [0.15, 0.2) is 65.7 Å². The van der Waals surface area contributed by atoms with Crippen molar-refractivity contribution in [1.29, 1.82) is 0 Å². The average Bonchev–Trinajstić information content (AvgIpc) is 3.13. The average molecular weight is 428 g/mol. The fraction of sp³-hybridized carbons (Fsp3) is 0.100. The van der Waals surface area contributed by atoms with Crippen LogP contribution in [-0.4, -0.2) is 25.5 Å². The van der Waals surface area contributed by atoms with Crippen LogP contribution in [0.4, 0.5) is 5.82 Å². The number of carbonyl (C=O) groups is 1. The first-order valence-electron chi connectivity index (χ1n) is 8.72. The number of carbonyl (C=O) groups excluding carboxylic acids is 1. The first-order chi connectivity index (χ1) is 14.0. The minimum Gasteiger partial charge on any atom is -0.309 e. The van der Waals surface area contributed by atoms with Gasteiger partial charge in [0.05, 0.1) is 24.3 Å². The van der Waals surface area contributed by atoms with E-state index in [0.29, 0.717) is 27.8 Å². The minimum absolute atomic E-state index is 0.212. The lowest BCUT2D eigenvalue weighted by Crippen LogP contribution is -2.30. The van der Waals surface area contributed by atoms with E-state index in [2.05, 4.69) is 15.5 Å². The SMILES string of the molecule is O=C(Cn1ncc2ccccc2c1=O)Nc1ccnn1Cc1ccc(Cl)cc1Cl. The van der Waals surface area contributed by atoms with E-state index < -0.39 is 0 Å². The molecule has 2 aromatic heterocycles. The van der Waals surface area contributed by atoms with Gasteiger partial charge in [0.1, 0.15) is 12.4 Å². The maximum absolute atomic E-state index is 12.5. The van der Waals surface area contributed by atoms with Gasteiger partial charge in [-0.3, -0.25) is 9.59 Å². The predicted octanol–water partition coefficient (Wildman–Crippen LogP) is 3.59. The Morgan fingerprint density at radius 2 is 1.86 bits per heavy atom. The smallest absolute Gasteiger partial charge is 0.275 e. The van der Waals surface area contributed by atoms with Gasteiger partial charge in [0.25, 0.3) is 5.56 Å². The van der Waals surface area contributed by atoms with Crippen LogP contribution in [0.1, 0.15) is 5.56 Å². The molecule has 4 rings (SSSR count). The van der Waals surface area contributed by atoms with E-state index in [1.165, 1.54) is 0 Å². The Kier molecular flexibility index (Phi) is 5.33. The number of nitrogens with one attached hydrogen (secondary N) is 1. The Labute approximate surface area is 175 Å². The Balaban J connectivity index is 1.51. The maximum Gasteiger partial charge on any atom is 0.275 e. The number of fused-ring (bicyclic) bond motifs is 1. The molecule has 0 aliphatic rings. The van der Waals surface area contributed by atoms with Crippen molar-refractivity contribution in [1.82, 2.24) is 19.6 Å². The Morgan fingerprint density at radius 3 is 2.69 bits per heavy atom. The monoisotopic (exact) mass is 427 g/mol. The first-order valence-corrected chi connectivity index (χ1v) is 9.47. The molecule has 0 atom stereocenters. The molecule has 7 nitrogen and oxygen atoms in total. The molecule has 0 aliphatic carbocycles. The van der Waals surface area contributed by atoms with E-state index in [1.54, 1.807) is 59.5 Å². The molecule has 0 unspecified atom stereocenters.